The van der Waals surface area contributed by atoms with Crippen LogP contribution in [0.25, 0.3) is 17.0 Å². The number of likely N-dealkylation sites (N-methyl/N-ethyl adjacent to an activating group) is 1. The Kier molecular flexibility index (Phi) is 5.74. The predicted octanol–water partition coefficient (Wildman–Crippen LogP) is 4.35. The fraction of sp³-hybridized carbons (Fsp3) is 0.227. The van der Waals surface area contributed by atoms with Crippen molar-refractivity contribution in [2.75, 3.05) is 25.1 Å². The standard InChI is InChI=1S/C22H24N2O2/c1-3-26-22(25)14-13-18-17-24(21-12-8-7-11-20(18)21)16-15-23(2)19-9-5-4-6-10-19/h4-14,17H,3,15-16H2,1-2H3/b14-13+. The summed E-state index contributed by atoms with van der Waals surface area (Å²) in [5.74, 6) is -0.312. The van der Waals surface area contributed by atoms with E-state index in [-0.39, 0.29) is 5.97 Å². The number of hydrogen-bond donors (Lipinski definition) is 0. The van der Waals surface area contributed by atoms with Crippen molar-refractivity contribution in [1.82, 2.24) is 4.57 Å². The molecule has 0 unspecified atom stereocenters. The molecule has 4 heteroatoms. The Morgan fingerprint density at radius 3 is 2.62 bits per heavy atom. The molecule has 0 aliphatic rings. The predicted molar refractivity (Wildman–Crippen MR) is 107 cm³/mol. The van der Waals surface area contributed by atoms with Gasteiger partial charge in [0.05, 0.1) is 6.61 Å². The number of carbonyl (C=O) groups excluding carboxylic acids is 1. The summed E-state index contributed by atoms with van der Waals surface area (Å²) in [6, 6.07) is 18.6. The minimum atomic E-state index is -0.312. The van der Waals surface area contributed by atoms with E-state index in [4.69, 9.17) is 4.74 Å². The van der Waals surface area contributed by atoms with Gasteiger partial charge < -0.3 is 14.2 Å². The molecule has 0 aliphatic heterocycles. The van der Waals surface area contributed by atoms with Gasteiger partial charge in [-0.3, -0.25) is 0 Å². The van der Waals surface area contributed by atoms with Gasteiger partial charge in [-0.25, -0.2) is 4.79 Å². The molecule has 3 rings (SSSR count). The molecule has 1 aromatic heterocycles. The molecule has 4 nitrogen and oxygen atoms in total. The molecule has 2 aromatic carbocycles. The summed E-state index contributed by atoms with van der Waals surface area (Å²) < 4.78 is 7.21. The zero-order valence-corrected chi connectivity index (χ0v) is 15.3. The van der Waals surface area contributed by atoms with E-state index in [1.54, 1.807) is 6.92 Å². The van der Waals surface area contributed by atoms with Crippen LogP contribution in [0.15, 0.2) is 66.9 Å². The molecule has 3 aromatic rings. The number of rotatable bonds is 7. The lowest BCUT2D eigenvalue weighted by Gasteiger charge is -2.19. The van der Waals surface area contributed by atoms with Crippen LogP contribution in [-0.2, 0) is 16.1 Å². The van der Waals surface area contributed by atoms with Gasteiger partial charge in [-0.05, 0) is 31.2 Å². The van der Waals surface area contributed by atoms with E-state index in [2.05, 4.69) is 59.1 Å². The number of benzene rings is 2. The quantitative estimate of drug-likeness (QED) is 0.470. The first-order chi connectivity index (χ1) is 12.7. The number of esters is 1. The normalized spacial score (nSPS) is 11.2. The molecular weight excluding hydrogens is 324 g/mol. The smallest absolute Gasteiger partial charge is 0.330 e. The monoisotopic (exact) mass is 348 g/mol. The Hall–Kier alpha value is -3.01. The van der Waals surface area contributed by atoms with Gasteiger partial charge in [0, 0.05) is 54.6 Å². The molecule has 0 saturated heterocycles. The maximum Gasteiger partial charge on any atom is 0.330 e. The average molecular weight is 348 g/mol. The highest BCUT2D eigenvalue weighted by atomic mass is 16.5. The lowest BCUT2D eigenvalue weighted by Crippen LogP contribution is -2.22. The van der Waals surface area contributed by atoms with Gasteiger partial charge >= 0.3 is 5.97 Å². The van der Waals surface area contributed by atoms with Crippen LogP contribution in [0.1, 0.15) is 12.5 Å². The summed E-state index contributed by atoms with van der Waals surface area (Å²) in [6.07, 6.45) is 5.42. The molecule has 0 atom stereocenters. The van der Waals surface area contributed by atoms with Crippen molar-refractivity contribution in [3.8, 4) is 0 Å². The molecule has 134 valence electrons. The maximum absolute atomic E-state index is 11.6. The van der Waals surface area contributed by atoms with Gasteiger partial charge in [-0.2, -0.15) is 0 Å². The van der Waals surface area contributed by atoms with Gasteiger partial charge in [-0.15, -0.1) is 0 Å². The van der Waals surface area contributed by atoms with E-state index < -0.39 is 0 Å². The van der Waals surface area contributed by atoms with E-state index in [0.717, 1.165) is 29.6 Å². The van der Waals surface area contributed by atoms with Crippen molar-refractivity contribution >= 4 is 28.6 Å². The Labute approximate surface area is 154 Å². The number of carbonyl (C=O) groups is 1. The van der Waals surface area contributed by atoms with Crippen LogP contribution in [0.5, 0.6) is 0 Å². The first-order valence-corrected chi connectivity index (χ1v) is 8.88. The molecular formula is C22H24N2O2. The summed E-state index contributed by atoms with van der Waals surface area (Å²) in [5.41, 5.74) is 3.39. The molecule has 0 aliphatic carbocycles. The Morgan fingerprint density at radius 2 is 1.85 bits per heavy atom. The molecule has 0 spiro atoms. The van der Waals surface area contributed by atoms with Gasteiger partial charge in [0.25, 0.3) is 0 Å². The van der Waals surface area contributed by atoms with Crippen LogP contribution >= 0.6 is 0 Å². The minimum Gasteiger partial charge on any atom is -0.463 e. The fourth-order valence-corrected chi connectivity index (χ4v) is 3.01. The highest BCUT2D eigenvalue weighted by molar-refractivity contribution is 5.94. The zero-order valence-electron chi connectivity index (χ0n) is 15.3. The topological polar surface area (TPSA) is 34.5 Å². The third kappa shape index (κ3) is 4.14. The molecule has 0 N–H and O–H groups in total. The zero-order chi connectivity index (χ0) is 18.4. The Bertz CT molecular complexity index is 897. The summed E-state index contributed by atoms with van der Waals surface area (Å²) in [5, 5.41) is 1.13. The van der Waals surface area contributed by atoms with E-state index in [1.165, 1.54) is 11.8 Å². The summed E-state index contributed by atoms with van der Waals surface area (Å²) in [4.78, 5) is 13.8. The molecule has 0 fully saturated rings. The Morgan fingerprint density at radius 1 is 1.12 bits per heavy atom. The van der Waals surface area contributed by atoms with Crippen molar-refractivity contribution in [2.45, 2.75) is 13.5 Å². The van der Waals surface area contributed by atoms with Crippen molar-refractivity contribution in [3.63, 3.8) is 0 Å². The van der Waals surface area contributed by atoms with E-state index in [9.17, 15) is 4.79 Å². The van der Waals surface area contributed by atoms with Gasteiger partial charge in [-0.1, -0.05) is 36.4 Å². The second kappa shape index (κ2) is 8.39. The van der Waals surface area contributed by atoms with Gasteiger partial charge in [0.15, 0.2) is 0 Å². The van der Waals surface area contributed by atoms with Crippen LogP contribution in [0.2, 0.25) is 0 Å². The van der Waals surface area contributed by atoms with Crippen molar-refractivity contribution in [3.05, 3.63) is 72.4 Å². The third-order valence-corrected chi connectivity index (χ3v) is 4.38. The third-order valence-electron chi connectivity index (χ3n) is 4.38. The summed E-state index contributed by atoms with van der Waals surface area (Å²) >= 11 is 0. The van der Waals surface area contributed by atoms with E-state index in [1.807, 2.05) is 24.3 Å². The van der Waals surface area contributed by atoms with Crippen molar-refractivity contribution in [2.24, 2.45) is 0 Å². The second-order valence-corrected chi connectivity index (χ2v) is 6.14. The first kappa shape index (κ1) is 17.8. The highest BCUT2D eigenvalue weighted by Crippen LogP contribution is 2.23. The molecule has 26 heavy (non-hydrogen) atoms. The molecule has 0 saturated carbocycles. The van der Waals surface area contributed by atoms with Gasteiger partial charge in [0.1, 0.15) is 0 Å². The largest absolute Gasteiger partial charge is 0.463 e. The number of anilines is 1. The molecule has 0 amide bonds. The van der Waals surface area contributed by atoms with Crippen LogP contribution in [0, 0.1) is 0 Å². The first-order valence-electron chi connectivity index (χ1n) is 8.88. The number of para-hydroxylation sites is 2. The maximum atomic E-state index is 11.6. The van der Waals surface area contributed by atoms with Crippen LogP contribution in [0.4, 0.5) is 5.69 Å². The van der Waals surface area contributed by atoms with Crippen LogP contribution in [0.3, 0.4) is 0 Å². The van der Waals surface area contributed by atoms with Crippen molar-refractivity contribution < 1.29 is 9.53 Å². The lowest BCUT2D eigenvalue weighted by molar-refractivity contribution is -0.137. The van der Waals surface area contributed by atoms with E-state index >= 15 is 0 Å². The highest BCUT2D eigenvalue weighted by Gasteiger charge is 2.08. The molecule has 1 heterocycles. The second-order valence-electron chi connectivity index (χ2n) is 6.14. The number of aromatic nitrogens is 1. The van der Waals surface area contributed by atoms with E-state index in [0.29, 0.717) is 6.61 Å². The van der Waals surface area contributed by atoms with Crippen LogP contribution < -0.4 is 4.90 Å². The Balaban J connectivity index is 1.79. The average Bonchev–Trinajstić information content (AvgIpc) is 3.03. The summed E-state index contributed by atoms with van der Waals surface area (Å²) in [7, 11) is 2.10. The molecule has 0 bridgehead atoms. The number of hydrogen-bond acceptors (Lipinski definition) is 3. The molecule has 0 radical (unpaired) electrons. The SMILES string of the molecule is CCOC(=O)/C=C/c1cn(CCN(C)c2ccccc2)c2ccccc12. The lowest BCUT2D eigenvalue weighted by atomic mass is 10.1. The van der Waals surface area contributed by atoms with Crippen LogP contribution in [-0.4, -0.2) is 30.7 Å². The summed E-state index contributed by atoms with van der Waals surface area (Å²) in [6.45, 7) is 3.94. The fourth-order valence-electron chi connectivity index (χ4n) is 3.01. The number of nitrogens with zero attached hydrogens (tertiary/aromatic N) is 2. The number of fused-ring (bicyclic) bond motifs is 1. The number of ether oxygens (including phenoxy) is 1. The van der Waals surface area contributed by atoms with Gasteiger partial charge in [0.2, 0.25) is 0 Å². The van der Waals surface area contributed by atoms with Crippen molar-refractivity contribution in [1.29, 1.82) is 0 Å². The minimum absolute atomic E-state index is 0.312.